The largest absolute Gasteiger partial charge is 0.462 e. The van der Waals surface area contributed by atoms with Gasteiger partial charge >= 0.3 is 12.1 Å². The lowest BCUT2D eigenvalue weighted by Gasteiger charge is -2.19. The zero-order chi connectivity index (χ0) is 22.3. The van der Waals surface area contributed by atoms with Gasteiger partial charge in [-0.25, -0.2) is 19.6 Å². The minimum absolute atomic E-state index is 0.0132. The molecule has 0 spiro atoms. The molecular formula is C19H25N5O5S. The molecule has 2 aromatic heterocycles. The minimum atomic E-state index is -0.672. The fourth-order valence-electron chi connectivity index (χ4n) is 2.31. The molecule has 0 bridgehead atoms. The van der Waals surface area contributed by atoms with Crippen LogP contribution in [0, 0.1) is 0 Å². The first-order valence-corrected chi connectivity index (χ1v) is 10.5. The van der Waals surface area contributed by atoms with Crippen molar-refractivity contribution in [1.29, 1.82) is 0 Å². The second-order valence-electron chi connectivity index (χ2n) is 7.06. The van der Waals surface area contributed by atoms with Crippen LogP contribution in [0.5, 0.6) is 0 Å². The van der Waals surface area contributed by atoms with E-state index >= 15 is 0 Å². The van der Waals surface area contributed by atoms with Gasteiger partial charge in [-0.05, 0) is 40.0 Å². The third-order valence-electron chi connectivity index (χ3n) is 3.54. The normalized spacial score (nSPS) is 11.1. The number of nitrogens with zero attached hydrogens (tertiary/aromatic N) is 4. The standard InChI is InChI=1S/C19H25N5O5S/c1-6-28-16(26)12-11-21-17(30-5)22-14(12)15(25)13-7-9-24(23-13)10-8-20-18(27)29-19(2,3)4/h7,9,11H,6,8,10H2,1-5H3,(H,20,27). The molecule has 0 fully saturated rings. The number of carbonyl (C=O) groups excluding carboxylic acids is 3. The summed E-state index contributed by atoms with van der Waals surface area (Å²) in [5, 5.41) is 7.19. The Balaban J connectivity index is 2.11. The Bertz CT molecular complexity index is 922. The maximum Gasteiger partial charge on any atom is 0.407 e. The van der Waals surface area contributed by atoms with Gasteiger partial charge in [0.1, 0.15) is 22.6 Å². The first-order valence-electron chi connectivity index (χ1n) is 9.27. The van der Waals surface area contributed by atoms with Gasteiger partial charge < -0.3 is 14.8 Å². The van der Waals surface area contributed by atoms with Gasteiger partial charge in [0.05, 0.1) is 13.2 Å². The summed E-state index contributed by atoms with van der Waals surface area (Å²) in [6, 6.07) is 1.52. The Morgan fingerprint density at radius 3 is 2.63 bits per heavy atom. The molecule has 0 aliphatic rings. The monoisotopic (exact) mass is 435 g/mol. The molecule has 0 aromatic carbocycles. The fraction of sp³-hybridized carbons (Fsp3) is 0.474. The number of carbonyl (C=O) groups is 3. The van der Waals surface area contributed by atoms with Crippen LogP contribution in [0.1, 0.15) is 54.2 Å². The van der Waals surface area contributed by atoms with Crippen LogP contribution in [-0.4, -0.2) is 62.6 Å². The average molecular weight is 436 g/mol. The first-order chi connectivity index (χ1) is 14.1. The molecular weight excluding hydrogens is 410 g/mol. The van der Waals surface area contributed by atoms with Gasteiger partial charge in [0.2, 0.25) is 5.78 Å². The van der Waals surface area contributed by atoms with Gasteiger partial charge in [0.25, 0.3) is 0 Å². The van der Waals surface area contributed by atoms with Crippen LogP contribution in [0.25, 0.3) is 0 Å². The zero-order valence-electron chi connectivity index (χ0n) is 17.6. The van der Waals surface area contributed by atoms with Crippen LogP contribution < -0.4 is 5.32 Å². The Morgan fingerprint density at radius 2 is 2.00 bits per heavy atom. The van der Waals surface area contributed by atoms with E-state index in [9.17, 15) is 14.4 Å². The molecule has 2 aromatic rings. The molecule has 0 aliphatic carbocycles. The van der Waals surface area contributed by atoms with Crippen molar-refractivity contribution in [3.63, 3.8) is 0 Å². The minimum Gasteiger partial charge on any atom is -0.462 e. The summed E-state index contributed by atoms with van der Waals surface area (Å²) in [7, 11) is 0. The van der Waals surface area contributed by atoms with E-state index in [0.717, 1.165) is 0 Å². The molecule has 0 atom stereocenters. The molecule has 0 aliphatic heterocycles. The van der Waals surface area contributed by atoms with Crippen molar-refractivity contribution in [2.75, 3.05) is 19.4 Å². The third-order valence-corrected chi connectivity index (χ3v) is 4.10. The van der Waals surface area contributed by atoms with Gasteiger partial charge in [-0.15, -0.1) is 0 Å². The van der Waals surface area contributed by atoms with Gasteiger partial charge in [0.15, 0.2) is 5.16 Å². The molecule has 1 N–H and O–H groups in total. The Kier molecular flexibility index (Phi) is 7.93. The molecule has 0 saturated carbocycles. The van der Waals surface area contributed by atoms with Crippen molar-refractivity contribution in [2.45, 2.75) is 45.0 Å². The summed E-state index contributed by atoms with van der Waals surface area (Å²) in [6.07, 6.45) is 4.12. The number of ketones is 1. The summed E-state index contributed by atoms with van der Waals surface area (Å²) in [5.41, 5.74) is -0.548. The van der Waals surface area contributed by atoms with Crippen molar-refractivity contribution in [3.05, 3.63) is 35.4 Å². The lowest BCUT2D eigenvalue weighted by molar-refractivity contribution is 0.0514. The summed E-state index contributed by atoms with van der Waals surface area (Å²) in [4.78, 5) is 45.0. The second kappa shape index (κ2) is 10.2. The zero-order valence-corrected chi connectivity index (χ0v) is 18.4. The number of amides is 1. The molecule has 30 heavy (non-hydrogen) atoms. The third kappa shape index (κ3) is 6.55. The van der Waals surface area contributed by atoms with Crippen LogP contribution >= 0.6 is 11.8 Å². The lowest BCUT2D eigenvalue weighted by atomic mass is 10.1. The summed E-state index contributed by atoms with van der Waals surface area (Å²) in [6.45, 7) is 7.76. The maximum atomic E-state index is 12.9. The van der Waals surface area contributed by atoms with E-state index in [0.29, 0.717) is 11.7 Å². The number of thioether (sulfide) groups is 1. The van der Waals surface area contributed by atoms with Gasteiger partial charge in [-0.3, -0.25) is 9.48 Å². The highest BCUT2D eigenvalue weighted by atomic mass is 32.2. The molecule has 10 nitrogen and oxygen atoms in total. The van der Waals surface area contributed by atoms with E-state index in [1.165, 1.54) is 28.7 Å². The molecule has 2 heterocycles. The molecule has 0 unspecified atom stereocenters. The number of hydrogen-bond donors (Lipinski definition) is 1. The van der Waals surface area contributed by atoms with E-state index in [-0.39, 0.29) is 30.1 Å². The molecule has 0 radical (unpaired) electrons. The predicted octanol–water partition coefficient (Wildman–Crippen LogP) is 2.33. The molecule has 162 valence electrons. The van der Waals surface area contributed by atoms with E-state index < -0.39 is 23.4 Å². The number of ether oxygens (including phenoxy) is 2. The van der Waals surface area contributed by atoms with Gasteiger partial charge in [-0.2, -0.15) is 5.10 Å². The van der Waals surface area contributed by atoms with E-state index in [1.807, 2.05) is 0 Å². The van der Waals surface area contributed by atoms with Crippen LogP contribution in [-0.2, 0) is 16.0 Å². The quantitative estimate of drug-likeness (QED) is 0.288. The van der Waals surface area contributed by atoms with Crippen molar-refractivity contribution in [3.8, 4) is 0 Å². The van der Waals surface area contributed by atoms with E-state index in [1.54, 1.807) is 40.1 Å². The smallest absolute Gasteiger partial charge is 0.407 e. The molecule has 1 amide bonds. The number of esters is 1. The number of alkyl carbamates (subject to hydrolysis) is 1. The number of nitrogens with one attached hydrogen (secondary N) is 1. The van der Waals surface area contributed by atoms with Crippen molar-refractivity contribution in [1.82, 2.24) is 25.1 Å². The highest BCUT2D eigenvalue weighted by Crippen LogP contribution is 2.16. The Hall–Kier alpha value is -2.95. The van der Waals surface area contributed by atoms with Crippen LogP contribution in [0.3, 0.4) is 0 Å². The van der Waals surface area contributed by atoms with Crippen LogP contribution in [0.2, 0.25) is 0 Å². The van der Waals surface area contributed by atoms with E-state index in [2.05, 4.69) is 20.4 Å². The van der Waals surface area contributed by atoms with Crippen molar-refractivity contribution < 1.29 is 23.9 Å². The highest BCUT2D eigenvalue weighted by molar-refractivity contribution is 7.98. The Morgan fingerprint density at radius 1 is 1.27 bits per heavy atom. The fourth-order valence-corrected chi connectivity index (χ4v) is 2.65. The topological polar surface area (TPSA) is 125 Å². The Labute approximate surface area is 178 Å². The van der Waals surface area contributed by atoms with Crippen molar-refractivity contribution in [2.24, 2.45) is 0 Å². The van der Waals surface area contributed by atoms with Crippen LogP contribution in [0.4, 0.5) is 4.79 Å². The molecule has 11 heteroatoms. The summed E-state index contributed by atoms with van der Waals surface area (Å²) >= 11 is 1.25. The summed E-state index contributed by atoms with van der Waals surface area (Å²) in [5.74, 6) is -1.19. The number of aromatic nitrogens is 4. The second-order valence-corrected chi connectivity index (χ2v) is 7.83. The molecule has 2 rings (SSSR count). The SMILES string of the molecule is CCOC(=O)c1cnc(SC)nc1C(=O)c1ccn(CCNC(=O)OC(C)(C)C)n1. The number of rotatable bonds is 8. The van der Waals surface area contributed by atoms with Crippen molar-refractivity contribution >= 4 is 29.6 Å². The highest BCUT2D eigenvalue weighted by Gasteiger charge is 2.24. The van der Waals surface area contributed by atoms with Gasteiger partial charge in [-0.1, -0.05) is 11.8 Å². The maximum absolute atomic E-state index is 12.9. The molecule has 0 saturated heterocycles. The average Bonchev–Trinajstić information content (AvgIpc) is 3.14. The van der Waals surface area contributed by atoms with Crippen LogP contribution in [0.15, 0.2) is 23.6 Å². The number of hydrogen-bond acceptors (Lipinski definition) is 9. The first kappa shape index (κ1) is 23.3. The lowest BCUT2D eigenvalue weighted by Crippen LogP contribution is -2.34. The van der Waals surface area contributed by atoms with Gasteiger partial charge in [0, 0.05) is 18.9 Å². The summed E-state index contributed by atoms with van der Waals surface area (Å²) < 4.78 is 11.7. The predicted molar refractivity (Wildman–Crippen MR) is 110 cm³/mol. The van der Waals surface area contributed by atoms with E-state index in [4.69, 9.17) is 9.47 Å².